The number of amides is 1. The Morgan fingerprint density at radius 2 is 1.83 bits per heavy atom. The fourth-order valence-corrected chi connectivity index (χ4v) is 5.75. The van der Waals surface area contributed by atoms with Crippen molar-refractivity contribution in [3.63, 3.8) is 0 Å². The van der Waals surface area contributed by atoms with E-state index in [1.165, 1.54) is 22.8 Å². The van der Waals surface area contributed by atoms with Gasteiger partial charge in [-0.3, -0.25) is 9.69 Å². The Morgan fingerprint density at radius 1 is 1.02 bits per heavy atom. The molecule has 2 aliphatic heterocycles. The normalized spacial score (nSPS) is 18.4. The minimum atomic E-state index is -0.597. The molecule has 0 aliphatic carbocycles. The van der Waals surface area contributed by atoms with Crippen LogP contribution in [0.5, 0.6) is 0 Å². The van der Waals surface area contributed by atoms with Gasteiger partial charge in [0.25, 0.3) is 5.91 Å². The van der Waals surface area contributed by atoms with Crippen molar-refractivity contribution >= 4 is 23.1 Å². The van der Waals surface area contributed by atoms with Gasteiger partial charge in [0.2, 0.25) is 0 Å². The second-order valence-corrected chi connectivity index (χ2v) is 10.9. The SMILES string of the molecule is Cc1cc(C(=O)Nc2cnn3ccc(N4CCC[C@@H]4c4cc(F)ccc4F)nc23)c(F)cc1CN1CCN(C)CC1. The lowest BCUT2D eigenvalue weighted by Gasteiger charge is -2.32. The van der Waals surface area contributed by atoms with Gasteiger partial charge in [0.15, 0.2) is 5.65 Å². The van der Waals surface area contributed by atoms with Crippen molar-refractivity contribution in [2.75, 3.05) is 50.0 Å². The fraction of sp³-hybridized carbons (Fsp3) is 0.367. The molecule has 0 bridgehead atoms. The monoisotopic (exact) mass is 563 g/mol. The number of benzene rings is 2. The number of aromatic nitrogens is 3. The molecule has 214 valence electrons. The van der Waals surface area contributed by atoms with E-state index in [4.69, 9.17) is 4.98 Å². The molecular formula is C30H32F3N7O. The van der Waals surface area contributed by atoms with Crippen molar-refractivity contribution in [1.82, 2.24) is 24.4 Å². The van der Waals surface area contributed by atoms with Gasteiger partial charge in [-0.15, -0.1) is 0 Å². The van der Waals surface area contributed by atoms with Crippen LogP contribution in [0.25, 0.3) is 5.65 Å². The number of aryl methyl sites for hydroxylation is 1. The van der Waals surface area contributed by atoms with E-state index in [0.29, 0.717) is 36.7 Å². The Kier molecular flexibility index (Phi) is 7.39. The summed E-state index contributed by atoms with van der Waals surface area (Å²) in [6.45, 7) is 6.91. The van der Waals surface area contributed by atoms with Crippen LogP contribution in [-0.4, -0.2) is 70.1 Å². The summed E-state index contributed by atoms with van der Waals surface area (Å²) in [5, 5.41) is 7.03. The molecule has 2 aromatic carbocycles. The maximum atomic E-state index is 15.2. The number of piperazine rings is 1. The molecule has 1 N–H and O–H groups in total. The number of hydrogen-bond acceptors (Lipinski definition) is 6. The molecule has 0 radical (unpaired) electrons. The lowest BCUT2D eigenvalue weighted by atomic mass is 10.0. The molecule has 4 aromatic rings. The molecule has 11 heteroatoms. The molecular weight excluding hydrogens is 531 g/mol. The topological polar surface area (TPSA) is 69.0 Å². The zero-order valence-corrected chi connectivity index (χ0v) is 23.1. The minimum absolute atomic E-state index is 0.0543. The van der Waals surface area contributed by atoms with E-state index in [1.807, 2.05) is 11.8 Å². The maximum Gasteiger partial charge on any atom is 0.258 e. The molecule has 2 aliphatic rings. The minimum Gasteiger partial charge on any atom is -0.349 e. The summed E-state index contributed by atoms with van der Waals surface area (Å²) >= 11 is 0. The van der Waals surface area contributed by atoms with Crippen LogP contribution < -0.4 is 10.2 Å². The first kappa shape index (κ1) is 27.2. The first-order valence-electron chi connectivity index (χ1n) is 13.8. The predicted octanol–water partition coefficient (Wildman–Crippen LogP) is 4.80. The van der Waals surface area contributed by atoms with E-state index in [-0.39, 0.29) is 17.2 Å². The summed E-state index contributed by atoms with van der Waals surface area (Å²) in [5.74, 6) is -1.59. The summed E-state index contributed by atoms with van der Waals surface area (Å²) in [4.78, 5) is 24.4. The Hall–Kier alpha value is -3.96. The van der Waals surface area contributed by atoms with E-state index >= 15 is 4.39 Å². The van der Waals surface area contributed by atoms with Gasteiger partial charge in [0, 0.05) is 51.0 Å². The molecule has 8 nitrogen and oxygen atoms in total. The van der Waals surface area contributed by atoms with Gasteiger partial charge in [-0.25, -0.2) is 22.7 Å². The predicted molar refractivity (Wildman–Crippen MR) is 151 cm³/mol. The second-order valence-electron chi connectivity index (χ2n) is 10.9. The molecule has 2 saturated heterocycles. The molecule has 6 rings (SSSR count). The zero-order chi connectivity index (χ0) is 28.7. The highest BCUT2D eigenvalue weighted by molar-refractivity contribution is 6.06. The molecule has 1 amide bonds. The third-order valence-corrected chi connectivity index (χ3v) is 8.13. The van der Waals surface area contributed by atoms with Crippen LogP contribution in [0.3, 0.4) is 0 Å². The number of nitrogens with one attached hydrogen (secondary N) is 1. The highest BCUT2D eigenvalue weighted by Crippen LogP contribution is 2.37. The van der Waals surface area contributed by atoms with Crippen LogP contribution >= 0.6 is 0 Å². The molecule has 0 unspecified atom stereocenters. The zero-order valence-electron chi connectivity index (χ0n) is 23.1. The van der Waals surface area contributed by atoms with Crippen LogP contribution in [0, 0.1) is 24.4 Å². The average Bonchev–Trinajstić information content (AvgIpc) is 3.60. The Labute approximate surface area is 236 Å². The summed E-state index contributed by atoms with van der Waals surface area (Å²) in [7, 11) is 2.09. The summed E-state index contributed by atoms with van der Waals surface area (Å²) in [5.41, 5.74) is 2.63. The lowest BCUT2D eigenvalue weighted by Crippen LogP contribution is -2.44. The number of hydrogen-bond donors (Lipinski definition) is 1. The van der Waals surface area contributed by atoms with Crippen molar-refractivity contribution in [3.05, 3.63) is 88.5 Å². The number of halogens is 3. The number of nitrogens with zero attached hydrogens (tertiary/aromatic N) is 6. The van der Waals surface area contributed by atoms with Crippen LogP contribution in [-0.2, 0) is 6.54 Å². The van der Waals surface area contributed by atoms with Crippen molar-refractivity contribution in [2.45, 2.75) is 32.4 Å². The number of rotatable bonds is 6. The van der Waals surface area contributed by atoms with Crippen LogP contribution in [0.15, 0.2) is 48.8 Å². The highest BCUT2D eigenvalue weighted by Gasteiger charge is 2.30. The van der Waals surface area contributed by atoms with Crippen LogP contribution in [0.2, 0.25) is 0 Å². The maximum absolute atomic E-state index is 15.2. The Morgan fingerprint density at radius 3 is 2.63 bits per heavy atom. The summed E-state index contributed by atoms with van der Waals surface area (Å²) in [6, 6.07) is 7.90. The standard InChI is InChI=1S/C30H32F3N7O/c1-19-14-23(25(33)15-20(19)18-38-12-10-37(2)11-13-38)30(41)35-26-17-34-40-9-7-28(36-29(26)40)39-8-3-4-27(39)22-16-21(31)5-6-24(22)32/h5-7,9,14-17,27H,3-4,8,10-13,18H2,1-2H3,(H,35,41)/t27-/m1/s1. The first-order valence-corrected chi connectivity index (χ1v) is 13.8. The number of anilines is 2. The molecule has 2 aromatic heterocycles. The van der Waals surface area contributed by atoms with Gasteiger partial charge < -0.3 is 15.1 Å². The quantitative estimate of drug-likeness (QED) is 0.364. The second kappa shape index (κ2) is 11.1. The van der Waals surface area contributed by atoms with Crippen molar-refractivity contribution in [2.24, 2.45) is 0 Å². The van der Waals surface area contributed by atoms with Gasteiger partial charge in [-0.1, -0.05) is 0 Å². The van der Waals surface area contributed by atoms with Gasteiger partial charge in [0.05, 0.1) is 17.8 Å². The molecule has 1 atom stereocenters. The summed E-state index contributed by atoms with van der Waals surface area (Å²) < 4.78 is 45.2. The largest absolute Gasteiger partial charge is 0.349 e. The third-order valence-electron chi connectivity index (χ3n) is 8.13. The van der Waals surface area contributed by atoms with E-state index in [1.54, 1.807) is 18.3 Å². The molecule has 2 fully saturated rings. The smallest absolute Gasteiger partial charge is 0.258 e. The van der Waals surface area contributed by atoms with E-state index < -0.39 is 23.4 Å². The van der Waals surface area contributed by atoms with Crippen molar-refractivity contribution < 1.29 is 18.0 Å². The van der Waals surface area contributed by atoms with Gasteiger partial charge in [-0.2, -0.15) is 5.10 Å². The molecule has 4 heterocycles. The molecule has 41 heavy (non-hydrogen) atoms. The highest BCUT2D eigenvalue weighted by atomic mass is 19.1. The summed E-state index contributed by atoms with van der Waals surface area (Å²) in [6.07, 6.45) is 4.60. The fourth-order valence-electron chi connectivity index (χ4n) is 5.75. The number of fused-ring (bicyclic) bond motifs is 1. The number of carbonyl (C=O) groups is 1. The molecule has 0 saturated carbocycles. The third kappa shape index (κ3) is 5.51. The Balaban J connectivity index is 1.22. The van der Waals surface area contributed by atoms with Crippen LogP contribution in [0.1, 0.15) is 45.9 Å². The van der Waals surface area contributed by atoms with E-state index in [0.717, 1.165) is 55.9 Å². The van der Waals surface area contributed by atoms with E-state index in [9.17, 15) is 13.6 Å². The average molecular weight is 564 g/mol. The Bertz CT molecular complexity index is 1600. The van der Waals surface area contributed by atoms with Crippen molar-refractivity contribution in [1.29, 1.82) is 0 Å². The lowest BCUT2D eigenvalue weighted by molar-refractivity contribution is 0.102. The van der Waals surface area contributed by atoms with Gasteiger partial charge >= 0.3 is 0 Å². The first-order chi connectivity index (χ1) is 19.8. The molecule has 0 spiro atoms. The number of likely N-dealkylation sites (N-methyl/N-ethyl adjacent to an activating group) is 1. The van der Waals surface area contributed by atoms with Crippen molar-refractivity contribution in [3.8, 4) is 0 Å². The van der Waals surface area contributed by atoms with Gasteiger partial charge in [-0.05, 0) is 74.3 Å². The van der Waals surface area contributed by atoms with Crippen LogP contribution in [0.4, 0.5) is 24.7 Å². The van der Waals surface area contributed by atoms with E-state index in [2.05, 4.69) is 27.3 Å². The number of carbonyl (C=O) groups excluding carboxylic acids is 1. The van der Waals surface area contributed by atoms with Gasteiger partial charge in [0.1, 0.15) is 29.0 Å².